The van der Waals surface area contributed by atoms with Crippen molar-refractivity contribution < 1.29 is 0 Å². The Hall–Kier alpha value is -1.27. The van der Waals surface area contributed by atoms with E-state index >= 15 is 0 Å². The summed E-state index contributed by atoms with van der Waals surface area (Å²) >= 11 is 1.63. The number of aryl methyl sites for hydroxylation is 2. The van der Waals surface area contributed by atoms with E-state index in [1.54, 1.807) is 11.3 Å². The molecule has 0 atom stereocenters. The summed E-state index contributed by atoms with van der Waals surface area (Å²) in [6.07, 6.45) is 2.46. The van der Waals surface area contributed by atoms with Gasteiger partial charge in [0.15, 0.2) is 5.82 Å². The number of hydrogen-bond acceptors (Lipinski definition) is 5. The molecule has 2 aromatic heterocycles. The lowest BCUT2D eigenvalue weighted by atomic mass is 10.3. The van der Waals surface area contributed by atoms with E-state index in [9.17, 15) is 0 Å². The van der Waals surface area contributed by atoms with Gasteiger partial charge in [-0.2, -0.15) is 0 Å². The van der Waals surface area contributed by atoms with Crippen LogP contribution in [0.25, 0.3) is 10.7 Å². The van der Waals surface area contributed by atoms with Gasteiger partial charge in [-0.25, -0.2) is 4.98 Å². The van der Waals surface area contributed by atoms with E-state index in [4.69, 9.17) is 5.73 Å². The second-order valence-corrected chi connectivity index (χ2v) is 5.48. The van der Waals surface area contributed by atoms with Crippen molar-refractivity contribution in [1.29, 1.82) is 0 Å². The topological polar surface area (TPSA) is 69.6 Å². The number of nitrogens with zero attached hydrogens (tertiary/aromatic N) is 4. The van der Waals surface area contributed by atoms with Crippen LogP contribution in [0.3, 0.4) is 0 Å². The van der Waals surface area contributed by atoms with Gasteiger partial charge >= 0.3 is 0 Å². The monoisotopic (exact) mass is 249 g/mol. The van der Waals surface area contributed by atoms with Crippen LogP contribution < -0.4 is 5.73 Å². The molecule has 0 aromatic carbocycles. The first kappa shape index (κ1) is 10.9. The lowest BCUT2D eigenvalue weighted by molar-refractivity contribution is 0.718. The summed E-state index contributed by atoms with van der Waals surface area (Å²) in [5, 5.41) is 9.45. The number of rotatable bonds is 3. The van der Waals surface area contributed by atoms with Crippen LogP contribution in [-0.4, -0.2) is 19.7 Å². The van der Waals surface area contributed by atoms with Crippen LogP contribution in [0.5, 0.6) is 0 Å². The molecule has 1 fully saturated rings. The normalized spacial score (nSPS) is 15.5. The molecule has 6 heteroatoms. The Labute approximate surface area is 104 Å². The maximum Gasteiger partial charge on any atom is 0.176 e. The minimum atomic E-state index is 0.488. The number of aromatic nitrogens is 4. The van der Waals surface area contributed by atoms with Crippen molar-refractivity contribution in [2.24, 2.45) is 5.73 Å². The summed E-state index contributed by atoms with van der Waals surface area (Å²) in [7, 11) is 0. The summed E-state index contributed by atoms with van der Waals surface area (Å²) in [6.45, 7) is 4.50. The van der Waals surface area contributed by atoms with Crippen molar-refractivity contribution in [2.75, 3.05) is 0 Å². The predicted octanol–water partition coefficient (Wildman–Crippen LogP) is 1.81. The summed E-state index contributed by atoms with van der Waals surface area (Å²) in [5.74, 6) is 1.95. The summed E-state index contributed by atoms with van der Waals surface area (Å²) in [5.41, 5.74) is 6.64. The van der Waals surface area contributed by atoms with Crippen LogP contribution in [0.1, 0.15) is 35.4 Å². The molecule has 17 heavy (non-hydrogen) atoms. The second kappa shape index (κ2) is 3.89. The molecule has 1 aliphatic rings. The van der Waals surface area contributed by atoms with E-state index in [0.29, 0.717) is 12.6 Å². The number of thiazole rings is 1. The molecule has 0 bridgehead atoms. The fourth-order valence-corrected chi connectivity index (χ4v) is 2.97. The van der Waals surface area contributed by atoms with Gasteiger partial charge in [-0.3, -0.25) is 0 Å². The van der Waals surface area contributed by atoms with Gasteiger partial charge in [0.25, 0.3) is 0 Å². The standard InChI is InChI=1S/C11H15N5S/c1-6-10(17-9(5-12)13-6)11-15-14-7(2)16(11)8-3-4-8/h8H,3-5,12H2,1-2H3. The summed E-state index contributed by atoms with van der Waals surface area (Å²) in [4.78, 5) is 5.56. The molecule has 0 radical (unpaired) electrons. The van der Waals surface area contributed by atoms with Crippen molar-refractivity contribution in [3.63, 3.8) is 0 Å². The predicted molar refractivity (Wildman–Crippen MR) is 66.8 cm³/mol. The van der Waals surface area contributed by atoms with Gasteiger partial charge in [-0.1, -0.05) is 0 Å². The number of hydrogen-bond donors (Lipinski definition) is 1. The third kappa shape index (κ3) is 1.77. The second-order valence-electron chi connectivity index (χ2n) is 4.40. The highest BCUT2D eigenvalue weighted by Gasteiger charge is 2.29. The lowest BCUT2D eigenvalue weighted by Gasteiger charge is -2.04. The van der Waals surface area contributed by atoms with Crippen molar-refractivity contribution in [3.05, 3.63) is 16.5 Å². The van der Waals surface area contributed by atoms with E-state index in [0.717, 1.165) is 27.2 Å². The Bertz CT molecular complexity index is 552. The highest BCUT2D eigenvalue weighted by Crippen LogP contribution is 2.40. The van der Waals surface area contributed by atoms with Gasteiger partial charge in [-0.05, 0) is 26.7 Å². The quantitative estimate of drug-likeness (QED) is 0.900. The van der Waals surface area contributed by atoms with Gasteiger partial charge in [0, 0.05) is 12.6 Å². The molecular weight excluding hydrogens is 234 g/mol. The third-order valence-corrected chi connectivity index (χ3v) is 4.17. The maximum atomic E-state index is 5.63. The van der Waals surface area contributed by atoms with Crippen LogP contribution in [0.15, 0.2) is 0 Å². The first-order valence-corrected chi connectivity index (χ1v) is 6.60. The van der Waals surface area contributed by atoms with E-state index in [1.807, 2.05) is 13.8 Å². The summed E-state index contributed by atoms with van der Waals surface area (Å²) < 4.78 is 2.24. The Morgan fingerprint density at radius 3 is 2.71 bits per heavy atom. The highest BCUT2D eigenvalue weighted by atomic mass is 32.1. The Kier molecular flexibility index (Phi) is 2.48. The van der Waals surface area contributed by atoms with Gasteiger partial charge in [-0.15, -0.1) is 21.5 Å². The molecule has 1 aliphatic carbocycles. The molecule has 1 saturated carbocycles. The van der Waals surface area contributed by atoms with Gasteiger partial charge in [0.05, 0.1) is 10.6 Å². The molecule has 2 heterocycles. The number of nitrogens with two attached hydrogens (primary N) is 1. The molecule has 0 amide bonds. The Morgan fingerprint density at radius 1 is 1.35 bits per heavy atom. The molecule has 2 aromatic rings. The molecule has 2 N–H and O–H groups in total. The van der Waals surface area contributed by atoms with Crippen LogP contribution in [0, 0.1) is 13.8 Å². The lowest BCUT2D eigenvalue weighted by Crippen LogP contribution is -1.99. The van der Waals surface area contributed by atoms with Crippen LogP contribution in [0.2, 0.25) is 0 Å². The van der Waals surface area contributed by atoms with E-state index in [-0.39, 0.29) is 0 Å². The fourth-order valence-electron chi connectivity index (χ4n) is 2.04. The first-order chi connectivity index (χ1) is 8.20. The van der Waals surface area contributed by atoms with Gasteiger partial charge in [0.2, 0.25) is 0 Å². The SMILES string of the molecule is Cc1nc(CN)sc1-c1nnc(C)n1C1CC1. The zero-order chi connectivity index (χ0) is 12.0. The smallest absolute Gasteiger partial charge is 0.176 e. The average molecular weight is 249 g/mol. The molecule has 0 aliphatic heterocycles. The first-order valence-electron chi connectivity index (χ1n) is 5.79. The maximum absolute atomic E-state index is 5.63. The molecule has 0 saturated heterocycles. The minimum absolute atomic E-state index is 0.488. The fraction of sp³-hybridized carbons (Fsp3) is 0.545. The zero-order valence-electron chi connectivity index (χ0n) is 9.97. The van der Waals surface area contributed by atoms with Crippen LogP contribution in [-0.2, 0) is 6.54 Å². The summed E-state index contributed by atoms with van der Waals surface area (Å²) in [6, 6.07) is 0.586. The molecule has 5 nitrogen and oxygen atoms in total. The van der Waals surface area contributed by atoms with Crippen molar-refractivity contribution in [2.45, 2.75) is 39.3 Å². The molecular formula is C11H15N5S. The van der Waals surface area contributed by atoms with Crippen LogP contribution >= 0.6 is 11.3 Å². The minimum Gasteiger partial charge on any atom is -0.325 e. The van der Waals surface area contributed by atoms with Crippen molar-refractivity contribution in [1.82, 2.24) is 19.7 Å². The van der Waals surface area contributed by atoms with Crippen molar-refractivity contribution in [3.8, 4) is 10.7 Å². The van der Waals surface area contributed by atoms with Gasteiger partial charge in [0.1, 0.15) is 10.8 Å². The van der Waals surface area contributed by atoms with Crippen molar-refractivity contribution >= 4 is 11.3 Å². The van der Waals surface area contributed by atoms with Crippen LogP contribution in [0.4, 0.5) is 0 Å². The largest absolute Gasteiger partial charge is 0.325 e. The average Bonchev–Trinajstić information content (AvgIpc) is 2.98. The Morgan fingerprint density at radius 2 is 2.12 bits per heavy atom. The zero-order valence-corrected chi connectivity index (χ0v) is 10.8. The Balaban J connectivity index is 2.11. The van der Waals surface area contributed by atoms with E-state index in [1.165, 1.54) is 12.8 Å². The van der Waals surface area contributed by atoms with E-state index in [2.05, 4.69) is 19.7 Å². The molecule has 0 spiro atoms. The molecule has 3 rings (SSSR count). The highest BCUT2D eigenvalue weighted by molar-refractivity contribution is 7.15. The van der Waals surface area contributed by atoms with E-state index < -0.39 is 0 Å². The molecule has 90 valence electrons. The van der Waals surface area contributed by atoms with Gasteiger partial charge < -0.3 is 10.3 Å². The molecule has 0 unspecified atom stereocenters. The third-order valence-electron chi connectivity index (χ3n) is 3.00.